The molecule has 0 aliphatic heterocycles. The second kappa shape index (κ2) is 10.5. The van der Waals surface area contributed by atoms with Gasteiger partial charge in [0.05, 0.1) is 6.42 Å². The quantitative estimate of drug-likeness (QED) is 0.363. The number of carbonyl (C=O) groups is 3. The van der Waals surface area contributed by atoms with Crippen LogP contribution in [0.2, 0.25) is 0 Å². The molecule has 2 saturated carbocycles. The van der Waals surface area contributed by atoms with Gasteiger partial charge < -0.3 is 20.1 Å². The zero-order chi connectivity index (χ0) is 27.7. The van der Waals surface area contributed by atoms with Crippen LogP contribution in [0.4, 0.5) is 4.79 Å². The maximum absolute atomic E-state index is 14.1. The molecule has 2 amide bonds. The second-order valence-corrected chi connectivity index (χ2v) is 11.6. The lowest BCUT2D eigenvalue weighted by Crippen LogP contribution is -2.70. The summed E-state index contributed by atoms with van der Waals surface area (Å²) >= 11 is 0. The van der Waals surface area contributed by atoms with E-state index in [1.807, 2.05) is 54.6 Å². The highest BCUT2D eigenvalue weighted by Crippen LogP contribution is 2.61. The highest BCUT2D eigenvalue weighted by Gasteiger charge is 2.62. The van der Waals surface area contributed by atoms with E-state index in [1.54, 1.807) is 4.90 Å². The van der Waals surface area contributed by atoms with E-state index in [1.165, 1.54) is 0 Å². The summed E-state index contributed by atoms with van der Waals surface area (Å²) in [5.41, 5.74) is 4.46. The number of carboxylic acids is 1. The van der Waals surface area contributed by atoms with Crippen molar-refractivity contribution in [1.29, 1.82) is 0 Å². The Morgan fingerprint density at radius 2 is 1.48 bits per heavy atom. The van der Waals surface area contributed by atoms with Crippen LogP contribution in [0, 0.1) is 5.41 Å². The molecule has 0 saturated heterocycles. The number of ether oxygens (including phenoxy) is 1. The van der Waals surface area contributed by atoms with Gasteiger partial charge in [-0.25, -0.2) is 4.79 Å². The topological polar surface area (TPSA) is 95.9 Å². The van der Waals surface area contributed by atoms with E-state index in [0.29, 0.717) is 12.8 Å². The van der Waals surface area contributed by atoms with Gasteiger partial charge in [-0.1, -0.05) is 85.3 Å². The third kappa shape index (κ3) is 4.85. The van der Waals surface area contributed by atoms with Gasteiger partial charge in [-0.3, -0.25) is 9.59 Å². The van der Waals surface area contributed by atoms with E-state index in [-0.39, 0.29) is 43.4 Å². The van der Waals surface area contributed by atoms with Crippen LogP contribution in [0.1, 0.15) is 61.1 Å². The highest BCUT2D eigenvalue weighted by molar-refractivity contribution is 5.92. The summed E-state index contributed by atoms with van der Waals surface area (Å²) in [5.74, 6) is -1.27. The first-order valence-electron chi connectivity index (χ1n) is 14.1. The van der Waals surface area contributed by atoms with Crippen LogP contribution in [0.5, 0.6) is 0 Å². The fraction of sp³-hybridized carbons (Fsp3) is 0.364. The van der Waals surface area contributed by atoms with Crippen LogP contribution in [0.25, 0.3) is 11.1 Å². The van der Waals surface area contributed by atoms with Crippen molar-refractivity contribution in [1.82, 2.24) is 10.2 Å². The summed E-state index contributed by atoms with van der Waals surface area (Å²) in [6.07, 6.45) is 3.56. The SMILES string of the molecule is O=C(O)CCN(Cc1ccccc1)C(=O)C1(NC(=O)OCC2c3ccccc3-c3ccccc32)CC2(CCC2)C1. The Morgan fingerprint density at radius 1 is 0.875 bits per heavy atom. The van der Waals surface area contributed by atoms with Crippen LogP contribution in [0.15, 0.2) is 78.9 Å². The Labute approximate surface area is 234 Å². The lowest BCUT2D eigenvalue weighted by Gasteiger charge is -2.60. The molecule has 0 aromatic heterocycles. The molecule has 0 radical (unpaired) electrons. The van der Waals surface area contributed by atoms with Crippen molar-refractivity contribution in [2.75, 3.05) is 13.2 Å². The first kappa shape index (κ1) is 26.1. The normalized spacial score (nSPS) is 17.6. The van der Waals surface area contributed by atoms with Crippen LogP contribution in [-0.2, 0) is 20.9 Å². The molecule has 6 rings (SSSR count). The molecule has 0 bridgehead atoms. The first-order valence-corrected chi connectivity index (χ1v) is 14.1. The molecule has 0 unspecified atom stereocenters. The molecular formula is C33H34N2O5. The molecule has 0 heterocycles. The number of nitrogens with zero attached hydrogens (tertiary/aromatic N) is 1. The number of carboxylic acid groups (broad SMARTS) is 1. The summed E-state index contributed by atoms with van der Waals surface area (Å²) < 4.78 is 5.82. The van der Waals surface area contributed by atoms with Crippen molar-refractivity contribution in [2.45, 2.75) is 56.5 Å². The number of hydrogen-bond donors (Lipinski definition) is 2. The number of aliphatic carboxylic acids is 1. The molecule has 3 aromatic rings. The van der Waals surface area contributed by atoms with Crippen LogP contribution in [0.3, 0.4) is 0 Å². The van der Waals surface area contributed by atoms with E-state index in [2.05, 4.69) is 29.6 Å². The summed E-state index contributed by atoms with van der Waals surface area (Å²) in [5, 5.41) is 12.3. The molecular weight excluding hydrogens is 504 g/mol. The number of hydrogen-bond acceptors (Lipinski definition) is 4. The van der Waals surface area contributed by atoms with Crippen molar-refractivity contribution in [3.63, 3.8) is 0 Å². The Morgan fingerprint density at radius 3 is 2.05 bits per heavy atom. The second-order valence-electron chi connectivity index (χ2n) is 11.6. The van der Waals surface area contributed by atoms with Crippen molar-refractivity contribution in [2.24, 2.45) is 5.41 Å². The van der Waals surface area contributed by atoms with Gasteiger partial charge in [0.1, 0.15) is 12.1 Å². The average Bonchev–Trinajstić information content (AvgIpc) is 3.24. The molecule has 7 heteroatoms. The van der Waals surface area contributed by atoms with Crippen molar-refractivity contribution in [3.8, 4) is 11.1 Å². The van der Waals surface area contributed by atoms with Gasteiger partial charge >= 0.3 is 12.1 Å². The van der Waals surface area contributed by atoms with Gasteiger partial charge in [-0.05, 0) is 58.9 Å². The maximum Gasteiger partial charge on any atom is 0.408 e. The maximum atomic E-state index is 14.1. The Hall–Kier alpha value is -4.13. The van der Waals surface area contributed by atoms with Gasteiger partial charge in [-0.2, -0.15) is 0 Å². The van der Waals surface area contributed by atoms with Gasteiger partial charge in [0, 0.05) is 19.0 Å². The molecule has 3 aliphatic rings. The minimum absolute atomic E-state index is 0.0736. The van der Waals surface area contributed by atoms with Crippen LogP contribution in [-0.4, -0.2) is 46.7 Å². The lowest BCUT2D eigenvalue weighted by molar-refractivity contribution is -0.156. The van der Waals surface area contributed by atoms with Crippen LogP contribution < -0.4 is 5.32 Å². The number of alkyl carbamates (subject to hydrolysis) is 1. The fourth-order valence-corrected chi connectivity index (χ4v) is 6.97. The largest absolute Gasteiger partial charge is 0.481 e. The fourth-order valence-electron chi connectivity index (χ4n) is 6.97. The van der Waals surface area contributed by atoms with Gasteiger partial charge in [0.15, 0.2) is 0 Å². The standard InChI is InChI=1S/C33H34N2O5/c36-29(37)15-18-35(19-23-9-2-1-3-10-23)30(38)33(21-32(22-33)16-8-17-32)34-31(39)40-20-28-26-13-6-4-11-24(26)25-12-5-7-14-27(25)28/h1-7,9-14,28H,8,15-22H2,(H,34,39)(H,36,37). The summed E-state index contributed by atoms with van der Waals surface area (Å²) in [6.45, 7) is 0.528. The van der Waals surface area contributed by atoms with E-state index in [0.717, 1.165) is 47.1 Å². The summed E-state index contributed by atoms with van der Waals surface area (Å²) in [6, 6.07) is 25.9. The van der Waals surface area contributed by atoms with E-state index < -0.39 is 17.6 Å². The minimum Gasteiger partial charge on any atom is -0.481 e. The Kier molecular flexibility index (Phi) is 6.82. The number of benzene rings is 3. The molecule has 3 aliphatic carbocycles. The number of fused-ring (bicyclic) bond motifs is 3. The third-order valence-corrected chi connectivity index (χ3v) is 8.96. The number of nitrogens with one attached hydrogen (secondary N) is 1. The van der Waals surface area contributed by atoms with Crippen LogP contribution >= 0.6 is 0 Å². The molecule has 7 nitrogen and oxygen atoms in total. The Bertz CT molecular complexity index is 1380. The molecule has 3 aromatic carbocycles. The van der Waals surface area contributed by atoms with E-state index in [9.17, 15) is 19.5 Å². The van der Waals surface area contributed by atoms with Gasteiger partial charge in [-0.15, -0.1) is 0 Å². The Balaban J connectivity index is 1.19. The van der Waals surface area contributed by atoms with Gasteiger partial charge in [0.2, 0.25) is 5.91 Å². The van der Waals surface area contributed by atoms with E-state index in [4.69, 9.17) is 4.74 Å². The highest BCUT2D eigenvalue weighted by atomic mass is 16.5. The van der Waals surface area contributed by atoms with Crippen molar-refractivity contribution in [3.05, 3.63) is 95.6 Å². The predicted molar refractivity (Wildman–Crippen MR) is 151 cm³/mol. The number of rotatable bonds is 9. The predicted octanol–water partition coefficient (Wildman–Crippen LogP) is 5.73. The zero-order valence-electron chi connectivity index (χ0n) is 22.5. The van der Waals surface area contributed by atoms with Crippen molar-refractivity contribution < 1.29 is 24.2 Å². The lowest BCUT2D eigenvalue weighted by atomic mass is 9.48. The molecule has 1 spiro atoms. The monoisotopic (exact) mass is 538 g/mol. The third-order valence-electron chi connectivity index (χ3n) is 8.96. The average molecular weight is 539 g/mol. The zero-order valence-corrected chi connectivity index (χ0v) is 22.5. The van der Waals surface area contributed by atoms with Crippen molar-refractivity contribution >= 4 is 18.0 Å². The summed E-state index contributed by atoms with van der Waals surface area (Å²) in [7, 11) is 0. The van der Waals surface area contributed by atoms with Gasteiger partial charge in [0.25, 0.3) is 0 Å². The first-order chi connectivity index (χ1) is 19.4. The minimum atomic E-state index is -1.09. The molecule has 2 fully saturated rings. The molecule has 206 valence electrons. The number of amides is 2. The molecule has 0 atom stereocenters. The number of carbonyl (C=O) groups excluding carboxylic acids is 2. The molecule has 2 N–H and O–H groups in total. The smallest absolute Gasteiger partial charge is 0.408 e. The summed E-state index contributed by atoms with van der Waals surface area (Å²) in [4.78, 5) is 40.4. The molecule has 40 heavy (non-hydrogen) atoms. The van der Waals surface area contributed by atoms with E-state index >= 15 is 0 Å².